The van der Waals surface area contributed by atoms with Crippen molar-refractivity contribution in [2.24, 2.45) is 4.99 Å². The van der Waals surface area contributed by atoms with E-state index in [2.05, 4.69) is 78.8 Å². The van der Waals surface area contributed by atoms with Crippen LogP contribution >= 0.6 is 21.8 Å². The molecule has 1 aromatic heterocycles. The number of alkyl halides is 2. The highest BCUT2D eigenvalue weighted by molar-refractivity contribution is 8.31. The summed E-state index contributed by atoms with van der Waals surface area (Å²) in [6.45, 7) is 5.82. The van der Waals surface area contributed by atoms with Crippen molar-refractivity contribution in [3.8, 4) is 0 Å². The molecule has 0 aliphatic carbocycles. The van der Waals surface area contributed by atoms with Crippen molar-refractivity contribution in [2.45, 2.75) is 45.6 Å². The summed E-state index contributed by atoms with van der Waals surface area (Å²) in [7, 11) is -0.305. The van der Waals surface area contributed by atoms with Crippen LogP contribution in [-0.2, 0) is 17.9 Å². The Hall–Kier alpha value is -2.51. The number of hydrogen-bond donors (Lipinski definition) is 0. The standard InChI is InChI=1S/C20H23FN2S.C10H14S.CH2F2.H2/c1-5-20(24-6-2)19-13-22-14(3)10-17(19)11-16-8-7-9-18(12-16)23-15(4)21;1-11(2)7-9-5-3-4-6-10(9)8-11;2-1-3;/h5,7-10,12-13H,6,11H2,1-4H3;3-6H,7-8H2,1-2H3;1H2;1H/b20-5-,23-15?;;;. The number of thioether (sulfide) groups is 1. The second-order valence-corrected chi connectivity index (χ2v) is 14.9. The molecule has 0 radical (unpaired) electrons. The molecule has 0 N–H and O–H groups in total. The quantitative estimate of drug-likeness (QED) is 0.279. The van der Waals surface area contributed by atoms with Gasteiger partial charge in [0.15, 0.2) is 5.97 Å². The van der Waals surface area contributed by atoms with Crippen LogP contribution in [0.1, 0.15) is 55.7 Å². The van der Waals surface area contributed by atoms with Crippen molar-refractivity contribution < 1.29 is 14.6 Å². The number of hydrogen-bond acceptors (Lipinski definition) is 3. The van der Waals surface area contributed by atoms with Crippen molar-refractivity contribution >= 4 is 38.3 Å². The Morgan fingerprint density at radius 2 is 1.71 bits per heavy atom. The molecule has 7 heteroatoms. The summed E-state index contributed by atoms with van der Waals surface area (Å²) in [5.41, 5.74) is 8.34. The third-order valence-corrected chi connectivity index (χ3v) is 8.99. The maximum atomic E-state index is 13.0. The lowest BCUT2D eigenvalue weighted by atomic mass is 10.00. The first-order valence-electron chi connectivity index (χ1n) is 12.5. The van der Waals surface area contributed by atoms with E-state index < -0.39 is 12.9 Å². The number of fused-ring (bicyclic) bond motifs is 1. The molecule has 4 rings (SSSR count). The fourth-order valence-corrected chi connectivity index (χ4v) is 7.49. The monoisotopic (exact) mass is 562 g/mol. The largest absolute Gasteiger partial charge is 0.261 e. The first-order chi connectivity index (χ1) is 18.1. The van der Waals surface area contributed by atoms with Gasteiger partial charge in [-0.2, -0.15) is 4.39 Å². The van der Waals surface area contributed by atoms with E-state index in [0.717, 1.165) is 23.4 Å². The zero-order valence-corrected chi connectivity index (χ0v) is 24.9. The molecule has 0 unspecified atom stereocenters. The number of pyridine rings is 1. The molecule has 0 fully saturated rings. The molecule has 2 heterocycles. The summed E-state index contributed by atoms with van der Waals surface area (Å²) in [6, 6.07) is 18.7. The highest BCUT2D eigenvalue weighted by atomic mass is 32.3. The van der Waals surface area contributed by atoms with Gasteiger partial charge in [0.05, 0.1) is 5.69 Å². The molecular formula is C31H41F3N2S2. The van der Waals surface area contributed by atoms with Crippen molar-refractivity contribution in [3.05, 3.63) is 100 Å². The number of rotatable bonds is 6. The van der Waals surface area contributed by atoms with E-state index in [1.807, 2.05) is 43.1 Å². The SMILES string of the molecule is C/C=C(\SCC)c1cnc(C)cc1Cc1cccc(N=C(C)F)c1.CS1(C)Cc2ccccc2C1.FCF.[HH]. The summed E-state index contributed by atoms with van der Waals surface area (Å²) in [6.07, 6.45) is 9.71. The van der Waals surface area contributed by atoms with Crippen LogP contribution in [0.3, 0.4) is 0 Å². The molecule has 0 spiro atoms. The minimum absolute atomic E-state index is 0. The van der Waals surface area contributed by atoms with Crippen molar-refractivity contribution in [3.63, 3.8) is 0 Å². The Bertz CT molecular complexity index is 1220. The van der Waals surface area contributed by atoms with Gasteiger partial charge in [-0.3, -0.25) is 4.98 Å². The lowest BCUT2D eigenvalue weighted by Gasteiger charge is -2.23. The number of nitrogens with zero attached hydrogens (tertiary/aromatic N) is 2. The molecule has 0 saturated carbocycles. The summed E-state index contributed by atoms with van der Waals surface area (Å²) >= 11 is 1.82. The van der Waals surface area contributed by atoms with Gasteiger partial charge in [0.1, 0.15) is 0 Å². The molecule has 0 amide bonds. The summed E-state index contributed by atoms with van der Waals surface area (Å²) in [4.78, 5) is 9.61. The summed E-state index contributed by atoms with van der Waals surface area (Å²) in [5, 5.41) is 0. The molecule has 1 aliphatic heterocycles. The number of halogens is 3. The number of aromatic nitrogens is 1. The van der Waals surface area contributed by atoms with Crippen LogP contribution in [0.25, 0.3) is 4.91 Å². The molecule has 208 valence electrons. The van der Waals surface area contributed by atoms with Gasteiger partial charge in [-0.05, 0) is 79.0 Å². The summed E-state index contributed by atoms with van der Waals surface area (Å²) in [5.74, 6) is 3.27. The van der Waals surface area contributed by atoms with Gasteiger partial charge in [-0.25, -0.2) is 23.8 Å². The Morgan fingerprint density at radius 3 is 2.26 bits per heavy atom. The van der Waals surface area contributed by atoms with Gasteiger partial charge < -0.3 is 0 Å². The second kappa shape index (κ2) is 15.8. The Labute approximate surface area is 233 Å². The van der Waals surface area contributed by atoms with Gasteiger partial charge in [0.2, 0.25) is 6.93 Å². The minimum atomic E-state index is -1.75. The van der Waals surface area contributed by atoms with Crippen LogP contribution in [0.5, 0.6) is 0 Å². The number of aliphatic imine (C=N–C) groups is 1. The molecule has 1 aliphatic rings. The normalized spacial score (nSPS) is 15.0. The molecule has 2 nitrogen and oxygen atoms in total. The van der Waals surface area contributed by atoms with Crippen LogP contribution in [0.4, 0.5) is 18.9 Å². The predicted molar refractivity (Wildman–Crippen MR) is 166 cm³/mol. The highest BCUT2D eigenvalue weighted by Gasteiger charge is 2.22. The smallest absolute Gasteiger partial charge is 0.229 e. The van der Waals surface area contributed by atoms with E-state index in [-0.39, 0.29) is 11.5 Å². The van der Waals surface area contributed by atoms with E-state index in [1.54, 1.807) is 11.1 Å². The Balaban J connectivity index is 0.000000419. The maximum absolute atomic E-state index is 13.0. The van der Waals surface area contributed by atoms with Crippen molar-refractivity contribution in [1.29, 1.82) is 0 Å². The Kier molecular flexibility index (Phi) is 13.2. The van der Waals surface area contributed by atoms with Crippen LogP contribution in [-0.4, -0.2) is 36.1 Å². The Morgan fingerprint density at radius 1 is 1.08 bits per heavy atom. The van der Waals surface area contributed by atoms with Gasteiger partial charge in [-0.15, -0.1) is 11.8 Å². The molecule has 2 aromatic carbocycles. The minimum Gasteiger partial charge on any atom is -0.261 e. The first kappa shape index (κ1) is 31.7. The molecule has 3 aromatic rings. The van der Waals surface area contributed by atoms with E-state index in [1.165, 1.54) is 34.5 Å². The lowest BCUT2D eigenvalue weighted by Crippen LogP contribution is -1.98. The molecular weight excluding hydrogens is 521 g/mol. The first-order valence-corrected chi connectivity index (χ1v) is 16.3. The van der Waals surface area contributed by atoms with Crippen LogP contribution in [0.2, 0.25) is 0 Å². The predicted octanol–water partition coefficient (Wildman–Crippen LogP) is 10.0. The topological polar surface area (TPSA) is 25.2 Å². The van der Waals surface area contributed by atoms with E-state index in [4.69, 9.17) is 0 Å². The number of allylic oxidation sites excluding steroid dienone is 1. The zero-order valence-electron chi connectivity index (χ0n) is 23.2. The molecule has 0 saturated heterocycles. The van der Waals surface area contributed by atoms with Gasteiger partial charge in [-0.1, -0.05) is 49.4 Å². The number of aryl methyl sites for hydroxylation is 1. The third kappa shape index (κ3) is 10.3. The van der Waals surface area contributed by atoms with Gasteiger partial charge in [0.25, 0.3) is 0 Å². The van der Waals surface area contributed by atoms with E-state index in [0.29, 0.717) is 5.69 Å². The third-order valence-electron chi connectivity index (χ3n) is 5.75. The zero-order chi connectivity index (χ0) is 28.1. The molecule has 38 heavy (non-hydrogen) atoms. The van der Waals surface area contributed by atoms with Gasteiger partial charge >= 0.3 is 0 Å². The van der Waals surface area contributed by atoms with Gasteiger partial charge in [0, 0.05) is 42.2 Å². The lowest BCUT2D eigenvalue weighted by molar-refractivity contribution is 0.295. The fraction of sp³-hybridized carbons (Fsp3) is 0.355. The maximum Gasteiger partial charge on any atom is 0.229 e. The van der Waals surface area contributed by atoms with Crippen molar-refractivity contribution in [1.82, 2.24) is 4.98 Å². The summed E-state index contributed by atoms with van der Waals surface area (Å²) < 4.78 is 32.3. The van der Waals surface area contributed by atoms with Crippen molar-refractivity contribution in [2.75, 3.05) is 25.2 Å². The number of benzene rings is 2. The van der Waals surface area contributed by atoms with Crippen LogP contribution in [0.15, 0.2) is 71.9 Å². The highest BCUT2D eigenvalue weighted by Crippen LogP contribution is 2.53. The van der Waals surface area contributed by atoms with E-state index >= 15 is 0 Å². The second-order valence-electron chi connectivity index (χ2n) is 9.45. The van der Waals surface area contributed by atoms with Crippen LogP contribution < -0.4 is 0 Å². The van der Waals surface area contributed by atoms with Crippen LogP contribution in [0, 0.1) is 6.92 Å². The average molecular weight is 563 g/mol. The van der Waals surface area contributed by atoms with E-state index in [9.17, 15) is 13.2 Å². The molecule has 0 bridgehead atoms. The average Bonchev–Trinajstić information content (AvgIpc) is 3.17. The fourth-order valence-electron chi connectivity index (χ4n) is 4.32. The molecule has 0 atom stereocenters.